The fraction of sp³-hybridized carbons (Fsp3) is 0.167. The minimum atomic E-state index is -0.502. The Morgan fingerprint density at radius 3 is 2.85 bits per heavy atom. The van der Waals surface area contributed by atoms with E-state index in [1.807, 2.05) is 22.9 Å². The number of halogens is 1. The van der Waals surface area contributed by atoms with E-state index in [1.54, 1.807) is 41.2 Å². The van der Waals surface area contributed by atoms with Crippen LogP contribution < -0.4 is 0 Å². The zero-order chi connectivity index (χ0) is 17.9. The molecule has 0 N–H and O–H groups in total. The molecular weight excluding hydrogens is 333 g/mol. The van der Waals surface area contributed by atoms with Gasteiger partial charge in [-0.2, -0.15) is 5.26 Å². The highest BCUT2D eigenvalue weighted by molar-refractivity contribution is 5.71. The Morgan fingerprint density at radius 2 is 2.00 bits per heavy atom. The molecular formula is C18H14FN7. The van der Waals surface area contributed by atoms with E-state index in [0.717, 1.165) is 5.52 Å². The molecule has 0 spiro atoms. The smallest absolute Gasteiger partial charge is 0.160 e. The zero-order valence-corrected chi connectivity index (χ0v) is 13.7. The van der Waals surface area contributed by atoms with Gasteiger partial charge in [-0.05, 0) is 24.3 Å². The molecule has 128 valence electrons. The van der Waals surface area contributed by atoms with E-state index in [0.29, 0.717) is 35.2 Å². The van der Waals surface area contributed by atoms with Crippen LogP contribution in [0.15, 0.2) is 48.9 Å². The van der Waals surface area contributed by atoms with Gasteiger partial charge < -0.3 is 9.13 Å². The van der Waals surface area contributed by atoms with Crippen LogP contribution in [0.25, 0.3) is 22.7 Å². The molecule has 4 aromatic rings. The summed E-state index contributed by atoms with van der Waals surface area (Å²) in [4.78, 5) is 17.5. The Kier molecular flexibility index (Phi) is 4.11. The second-order valence-electron chi connectivity index (χ2n) is 5.61. The number of nitriles is 1. The maximum Gasteiger partial charge on any atom is 0.160 e. The van der Waals surface area contributed by atoms with Crippen molar-refractivity contribution in [3.8, 4) is 17.6 Å². The van der Waals surface area contributed by atoms with Crippen LogP contribution in [-0.2, 0) is 13.1 Å². The first kappa shape index (κ1) is 15.9. The third kappa shape index (κ3) is 2.80. The number of imidazole rings is 2. The van der Waals surface area contributed by atoms with Crippen LogP contribution >= 0.6 is 0 Å². The highest BCUT2D eigenvalue weighted by atomic mass is 19.1. The molecule has 0 aliphatic rings. The minimum Gasteiger partial charge on any atom is -0.322 e. The summed E-state index contributed by atoms with van der Waals surface area (Å²) in [5, 5.41) is 9.04. The first-order chi connectivity index (χ1) is 12.8. The molecule has 0 bridgehead atoms. The Labute approximate surface area is 148 Å². The van der Waals surface area contributed by atoms with E-state index >= 15 is 0 Å². The fourth-order valence-corrected chi connectivity index (χ4v) is 2.89. The van der Waals surface area contributed by atoms with E-state index in [4.69, 9.17) is 5.26 Å². The number of pyridine rings is 2. The van der Waals surface area contributed by atoms with Gasteiger partial charge in [0.1, 0.15) is 35.5 Å². The van der Waals surface area contributed by atoms with E-state index in [-0.39, 0.29) is 6.54 Å². The number of alkyl halides is 1. The second kappa shape index (κ2) is 6.72. The first-order valence-corrected chi connectivity index (χ1v) is 8.05. The summed E-state index contributed by atoms with van der Waals surface area (Å²) >= 11 is 0. The van der Waals surface area contributed by atoms with Crippen molar-refractivity contribution in [2.75, 3.05) is 6.67 Å². The lowest BCUT2D eigenvalue weighted by Gasteiger charge is -2.09. The van der Waals surface area contributed by atoms with E-state index < -0.39 is 6.67 Å². The molecule has 0 unspecified atom stereocenters. The van der Waals surface area contributed by atoms with Gasteiger partial charge in [0.15, 0.2) is 11.5 Å². The van der Waals surface area contributed by atoms with Crippen LogP contribution in [0.4, 0.5) is 4.39 Å². The van der Waals surface area contributed by atoms with E-state index in [9.17, 15) is 4.39 Å². The molecule has 4 rings (SSSR count). The Bertz CT molecular complexity index is 1110. The monoisotopic (exact) mass is 347 g/mol. The number of aromatic nitrogens is 6. The lowest BCUT2D eigenvalue weighted by molar-refractivity contribution is 0.441. The number of rotatable bonds is 5. The van der Waals surface area contributed by atoms with Gasteiger partial charge in [-0.25, -0.2) is 24.3 Å². The molecule has 0 radical (unpaired) electrons. The van der Waals surface area contributed by atoms with Gasteiger partial charge in [-0.3, -0.25) is 0 Å². The minimum absolute atomic E-state index is 0.190. The lowest BCUT2D eigenvalue weighted by atomic mass is 10.3. The molecule has 8 heteroatoms. The van der Waals surface area contributed by atoms with Crippen molar-refractivity contribution >= 4 is 11.2 Å². The molecule has 0 amide bonds. The lowest BCUT2D eigenvalue weighted by Crippen LogP contribution is -2.11. The second-order valence-corrected chi connectivity index (χ2v) is 5.61. The molecule has 0 saturated carbocycles. The number of hydrogen-bond donors (Lipinski definition) is 0. The molecule has 26 heavy (non-hydrogen) atoms. The highest BCUT2D eigenvalue weighted by Crippen LogP contribution is 2.19. The SMILES string of the molecule is N#Cc1cccc(-c2nccn2Cc2nc3cccnc3n2CCF)n1. The van der Waals surface area contributed by atoms with Crippen LogP contribution in [-0.4, -0.2) is 35.7 Å². The van der Waals surface area contributed by atoms with Crippen LogP contribution in [0, 0.1) is 11.3 Å². The average molecular weight is 347 g/mol. The Hall–Kier alpha value is -3.60. The molecule has 7 nitrogen and oxygen atoms in total. The van der Waals surface area contributed by atoms with Gasteiger partial charge in [0.25, 0.3) is 0 Å². The molecule has 0 aliphatic carbocycles. The summed E-state index contributed by atoms with van der Waals surface area (Å²) in [7, 11) is 0. The van der Waals surface area contributed by atoms with Gasteiger partial charge in [-0.1, -0.05) is 6.07 Å². The van der Waals surface area contributed by atoms with Gasteiger partial charge in [0.05, 0.1) is 13.1 Å². The van der Waals surface area contributed by atoms with Crippen LogP contribution in [0.3, 0.4) is 0 Å². The standard InChI is InChI=1S/C18H14FN7/c19-6-9-26-16(24-15-5-2-7-21-18(15)26)12-25-10-8-22-17(25)14-4-1-3-13(11-20)23-14/h1-5,7-8,10H,6,9,12H2. The van der Waals surface area contributed by atoms with Crippen molar-refractivity contribution in [2.24, 2.45) is 0 Å². The summed E-state index contributed by atoms with van der Waals surface area (Å²) in [5.74, 6) is 1.31. The molecule has 0 aliphatic heterocycles. The molecule has 4 heterocycles. The van der Waals surface area contributed by atoms with E-state index in [1.165, 1.54) is 0 Å². The van der Waals surface area contributed by atoms with E-state index in [2.05, 4.69) is 19.9 Å². The zero-order valence-electron chi connectivity index (χ0n) is 13.7. The molecule has 0 saturated heterocycles. The van der Waals surface area contributed by atoms with Crippen molar-refractivity contribution in [3.63, 3.8) is 0 Å². The van der Waals surface area contributed by atoms with Crippen molar-refractivity contribution in [3.05, 3.63) is 60.4 Å². The topological polar surface area (TPSA) is 85.2 Å². The van der Waals surface area contributed by atoms with Crippen molar-refractivity contribution in [1.82, 2.24) is 29.1 Å². The third-order valence-electron chi connectivity index (χ3n) is 4.01. The number of fused-ring (bicyclic) bond motifs is 1. The number of nitrogens with zero attached hydrogens (tertiary/aromatic N) is 7. The van der Waals surface area contributed by atoms with Crippen LogP contribution in [0.1, 0.15) is 11.5 Å². The predicted molar refractivity (Wildman–Crippen MR) is 92.8 cm³/mol. The third-order valence-corrected chi connectivity index (χ3v) is 4.01. The van der Waals surface area contributed by atoms with Crippen molar-refractivity contribution in [1.29, 1.82) is 5.26 Å². The van der Waals surface area contributed by atoms with Crippen LogP contribution in [0.5, 0.6) is 0 Å². The quantitative estimate of drug-likeness (QED) is 0.554. The molecule has 0 aromatic carbocycles. The maximum atomic E-state index is 13.0. The van der Waals surface area contributed by atoms with Gasteiger partial charge in [0.2, 0.25) is 0 Å². The summed E-state index contributed by atoms with van der Waals surface area (Å²) in [6.45, 7) is 0.0801. The van der Waals surface area contributed by atoms with Crippen molar-refractivity contribution in [2.45, 2.75) is 13.1 Å². The average Bonchev–Trinajstić information content (AvgIpc) is 3.27. The number of aryl methyl sites for hydroxylation is 1. The first-order valence-electron chi connectivity index (χ1n) is 8.05. The normalized spacial score (nSPS) is 10.9. The van der Waals surface area contributed by atoms with Gasteiger partial charge in [-0.15, -0.1) is 0 Å². The molecule has 4 aromatic heterocycles. The summed E-state index contributed by atoms with van der Waals surface area (Å²) in [6.07, 6.45) is 5.14. The largest absolute Gasteiger partial charge is 0.322 e. The molecule has 0 fully saturated rings. The maximum absolute atomic E-state index is 13.0. The molecule has 0 atom stereocenters. The summed E-state index contributed by atoms with van der Waals surface area (Å²) in [6, 6.07) is 10.9. The predicted octanol–water partition coefficient (Wildman–Crippen LogP) is 2.58. The fourth-order valence-electron chi connectivity index (χ4n) is 2.89. The van der Waals surface area contributed by atoms with Crippen LogP contribution in [0.2, 0.25) is 0 Å². The number of hydrogen-bond acceptors (Lipinski definition) is 5. The summed E-state index contributed by atoms with van der Waals surface area (Å²) < 4.78 is 16.7. The van der Waals surface area contributed by atoms with Gasteiger partial charge >= 0.3 is 0 Å². The Morgan fingerprint density at radius 1 is 1.08 bits per heavy atom. The Balaban J connectivity index is 1.75. The highest BCUT2D eigenvalue weighted by Gasteiger charge is 2.15. The summed E-state index contributed by atoms with van der Waals surface area (Å²) in [5.41, 5.74) is 2.31. The van der Waals surface area contributed by atoms with Gasteiger partial charge in [0, 0.05) is 18.6 Å². The van der Waals surface area contributed by atoms with Crippen molar-refractivity contribution < 1.29 is 4.39 Å².